The SMILES string of the molecule is CCc1nc(Cc2ccc(OC)c(OC)c2)c(C(=O)O)s1. The highest BCUT2D eigenvalue weighted by molar-refractivity contribution is 7.13. The van der Waals surface area contributed by atoms with E-state index in [1.54, 1.807) is 14.2 Å². The Morgan fingerprint density at radius 3 is 2.57 bits per heavy atom. The van der Waals surface area contributed by atoms with Crippen LogP contribution in [0.5, 0.6) is 11.5 Å². The molecule has 0 atom stereocenters. The van der Waals surface area contributed by atoms with E-state index in [0.717, 1.165) is 17.0 Å². The molecule has 1 N–H and O–H groups in total. The van der Waals surface area contributed by atoms with Crippen LogP contribution in [0.1, 0.15) is 32.9 Å². The number of carboxylic acid groups (broad SMARTS) is 1. The van der Waals surface area contributed by atoms with Crippen molar-refractivity contribution in [3.8, 4) is 11.5 Å². The first-order valence-corrected chi connectivity index (χ1v) is 7.33. The number of benzene rings is 1. The van der Waals surface area contributed by atoms with Gasteiger partial charge in [0.1, 0.15) is 4.88 Å². The normalized spacial score (nSPS) is 10.4. The molecule has 6 heteroatoms. The zero-order valence-electron chi connectivity index (χ0n) is 12.2. The molecule has 1 aromatic carbocycles. The summed E-state index contributed by atoms with van der Waals surface area (Å²) in [5, 5.41) is 10.1. The maximum Gasteiger partial charge on any atom is 0.347 e. The van der Waals surface area contributed by atoms with Gasteiger partial charge in [-0.25, -0.2) is 9.78 Å². The Morgan fingerprint density at radius 1 is 1.29 bits per heavy atom. The summed E-state index contributed by atoms with van der Waals surface area (Å²) in [6.07, 6.45) is 1.19. The van der Waals surface area contributed by atoms with E-state index in [1.807, 2.05) is 25.1 Å². The van der Waals surface area contributed by atoms with Crippen LogP contribution in [0.3, 0.4) is 0 Å². The van der Waals surface area contributed by atoms with Crippen molar-refractivity contribution in [3.63, 3.8) is 0 Å². The van der Waals surface area contributed by atoms with Crippen molar-refractivity contribution in [2.75, 3.05) is 14.2 Å². The maximum absolute atomic E-state index is 11.3. The fourth-order valence-electron chi connectivity index (χ4n) is 2.02. The minimum absolute atomic E-state index is 0.307. The number of rotatable bonds is 6. The van der Waals surface area contributed by atoms with Crippen molar-refractivity contribution in [2.24, 2.45) is 0 Å². The van der Waals surface area contributed by atoms with E-state index in [1.165, 1.54) is 11.3 Å². The van der Waals surface area contributed by atoms with Crippen LogP contribution in [-0.4, -0.2) is 30.3 Å². The highest BCUT2D eigenvalue weighted by Crippen LogP contribution is 2.29. The predicted octanol–water partition coefficient (Wildman–Crippen LogP) is 3.01. The van der Waals surface area contributed by atoms with Crippen molar-refractivity contribution in [1.82, 2.24) is 4.98 Å². The van der Waals surface area contributed by atoms with Gasteiger partial charge in [0.25, 0.3) is 0 Å². The van der Waals surface area contributed by atoms with E-state index < -0.39 is 5.97 Å². The molecule has 0 saturated carbocycles. The first-order chi connectivity index (χ1) is 10.1. The molecule has 1 heterocycles. The standard InChI is InChI=1S/C15H17NO4S/c1-4-13-16-10(14(21-13)15(17)18)7-9-5-6-11(19-2)12(8-9)20-3/h5-6,8H,4,7H2,1-3H3,(H,17,18). The average Bonchev–Trinajstić information content (AvgIpc) is 2.90. The summed E-state index contributed by atoms with van der Waals surface area (Å²) in [5.74, 6) is 0.340. The second-order valence-corrected chi connectivity index (χ2v) is 5.49. The van der Waals surface area contributed by atoms with Gasteiger partial charge in [-0.05, 0) is 24.1 Å². The molecular weight excluding hydrogens is 290 g/mol. The molecule has 0 saturated heterocycles. The Morgan fingerprint density at radius 2 is 2.00 bits per heavy atom. The van der Waals surface area contributed by atoms with E-state index >= 15 is 0 Å². The Balaban J connectivity index is 2.33. The maximum atomic E-state index is 11.3. The molecular formula is C15H17NO4S. The molecule has 112 valence electrons. The lowest BCUT2D eigenvalue weighted by Gasteiger charge is -2.09. The van der Waals surface area contributed by atoms with Crippen LogP contribution in [0.2, 0.25) is 0 Å². The monoisotopic (exact) mass is 307 g/mol. The lowest BCUT2D eigenvalue weighted by Crippen LogP contribution is -2.00. The number of hydrogen-bond donors (Lipinski definition) is 1. The van der Waals surface area contributed by atoms with E-state index in [4.69, 9.17) is 9.47 Å². The third-order valence-electron chi connectivity index (χ3n) is 3.06. The summed E-state index contributed by atoms with van der Waals surface area (Å²) in [5.41, 5.74) is 1.53. The van der Waals surface area contributed by atoms with Crippen LogP contribution < -0.4 is 9.47 Å². The highest BCUT2D eigenvalue weighted by Gasteiger charge is 2.17. The number of nitrogens with zero attached hydrogens (tertiary/aromatic N) is 1. The smallest absolute Gasteiger partial charge is 0.347 e. The van der Waals surface area contributed by atoms with E-state index in [0.29, 0.717) is 28.5 Å². The van der Waals surface area contributed by atoms with Crippen LogP contribution in [0.4, 0.5) is 0 Å². The van der Waals surface area contributed by atoms with Crippen molar-refractivity contribution in [2.45, 2.75) is 19.8 Å². The quantitative estimate of drug-likeness (QED) is 0.888. The first kappa shape index (κ1) is 15.3. The lowest BCUT2D eigenvalue weighted by molar-refractivity contribution is 0.0701. The van der Waals surface area contributed by atoms with E-state index in [-0.39, 0.29) is 0 Å². The number of aromatic carboxylic acids is 1. The minimum Gasteiger partial charge on any atom is -0.493 e. The predicted molar refractivity (Wildman–Crippen MR) is 80.8 cm³/mol. The number of ether oxygens (including phenoxy) is 2. The molecule has 0 aliphatic rings. The van der Waals surface area contributed by atoms with Gasteiger partial charge in [0.05, 0.1) is 24.9 Å². The zero-order chi connectivity index (χ0) is 15.4. The largest absolute Gasteiger partial charge is 0.493 e. The molecule has 21 heavy (non-hydrogen) atoms. The fourth-order valence-corrected chi connectivity index (χ4v) is 2.88. The topological polar surface area (TPSA) is 68.7 Å². The average molecular weight is 307 g/mol. The molecule has 0 spiro atoms. The summed E-state index contributed by atoms with van der Waals surface area (Å²) in [7, 11) is 3.15. The Hall–Kier alpha value is -2.08. The number of aryl methyl sites for hydroxylation is 1. The van der Waals surface area contributed by atoms with E-state index in [2.05, 4.69) is 4.98 Å². The molecule has 0 amide bonds. The van der Waals surface area contributed by atoms with Gasteiger partial charge < -0.3 is 14.6 Å². The second-order valence-electron chi connectivity index (χ2n) is 4.41. The number of hydrogen-bond acceptors (Lipinski definition) is 5. The van der Waals surface area contributed by atoms with Crippen molar-refractivity contribution in [1.29, 1.82) is 0 Å². The molecule has 0 fully saturated rings. The minimum atomic E-state index is -0.928. The molecule has 5 nitrogen and oxygen atoms in total. The van der Waals surface area contributed by atoms with Crippen LogP contribution in [0.15, 0.2) is 18.2 Å². The van der Waals surface area contributed by atoms with Gasteiger partial charge in [0.2, 0.25) is 0 Å². The summed E-state index contributed by atoms with van der Waals surface area (Å²) in [4.78, 5) is 16.0. The molecule has 0 radical (unpaired) electrons. The summed E-state index contributed by atoms with van der Waals surface area (Å²) >= 11 is 1.24. The summed E-state index contributed by atoms with van der Waals surface area (Å²) in [6.45, 7) is 1.96. The van der Waals surface area contributed by atoms with Crippen molar-refractivity contribution >= 4 is 17.3 Å². The lowest BCUT2D eigenvalue weighted by atomic mass is 10.1. The van der Waals surface area contributed by atoms with Gasteiger partial charge in [0.15, 0.2) is 11.5 Å². The van der Waals surface area contributed by atoms with Crippen molar-refractivity contribution in [3.05, 3.63) is 39.3 Å². The number of aromatic nitrogens is 1. The molecule has 2 rings (SSSR count). The van der Waals surface area contributed by atoms with Gasteiger partial charge in [-0.15, -0.1) is 11.3 Å². The van der Waals surface area contributed by atoms with Crippen LogP contribution in [0.25, 0.3) is 0 Å². The molecule has 1 aromatic heterocycles. The van der Waals surface area contributed by atoms with Gasteiger partial charge in [-0.2, -0.15) is 0 Å². The Bertz CT molecular complexity index is 651. The number of carboxylic acids is 1. The first-order valence-electron chi connectivity index (χ1n) is 6.51. The summed E-state index contributed by atoms with van der Waals surface area (Å²) in [6, 6.07) is 5.54. The fraction of sp³-hybridized carbons (Fsp3) is 0.333. The van der Waals surface area contributed by atoms with Crippen molar-refractivity contribution < 1.29 is 19.4 Å². The van der Waals surface area contributed by atoms with Crippen LogP contribution >= 0.6 is 11.3 Å². The highest BCUT2D eigenvalue weighted by atomic mass is 32.1. The van der Waals surface area contributed by atoms with Gasteiger partial charge in [-0.3, -0.25) is 0 Å². The molecule has 0 bridgehead atoms. The zero-order valence-corrected chi connectivity index (χ0v) is 13.0. The third-order valence-corrected chi connectivity index (χ3v) is 4.29. The Labute approximate surface area is 127 Å². The van der Waals surface area contributed by atoms with Gasteiger partial charge >= 0.3 is 5.97 Å². The molecule has 0 aliphatic carbocycles. The van der Waals surface area contributed by atoms with Gasteiger partial charge in [-0.1, -0.05) is 13.0 Å². The second kappa shape index (κ2) is 6.58. The van der Waals surface area contributed by atoms with Gasteiger partial charge in [0, 0.05) is 6.42 Å². The Kier molecular flexibility index (Phi) is 4.80. The molecule has 0 aliphatic heterocycles. The molecule has 2 aromatic rings. The number of methoxy groups -OCH3 is 2. The van der Waals surface area contributed by atoms with Crippen LogP contribution in [0, 0.1) is 0 Å². The third kappa shape index (κ3) is 3.33. The summed E-state index contributed by atoms with van der Waals surface area (Å²) < 4.78 is 10.5. The number of thiazole rings is 1. The number of carbonyl (C=O) groups is 1. The molecule has 0 unspecified atom stereocenters. The van der Waals surface area contributed by atoms with Crippen LogP contribution in [-0.2, 0) is 12.8 Å². The van der Waals surface area contributed by atoms with E-state index in [9.17, 15) is 9.90 Å².